The molecule has 0 aromatic rings. The summed E-state index contributed by atoms with van der Waals surface area (Å²) in [6, 6.07) is 0. The second-order valence-corrected chi connectivity index (χ2v) is 5.65. The minimum atomic E-state index is -0.985. The molecular weight excluding hydrogens is 218 g/mol. The molecule has 0 radical (unpaired) electrons. The molecule has 1 N–H and O–H groups in total. The number of carboxylic acid groups (broad SMARTS) is 1. The third-order valence-corrected chi connectivity index (χ3v) is 3.89. The minimum Gasteiger partial charge on any atom is -0.481 e. The van der Waals surface area contributed by atoms with E-state index in [2.05, 4.69) is 0 Å². The van der Waals surface area contributed by atoms with Gasteiger partial charge in [-0.25, -0.2) is 0 Å². The predicted molar refractivity (Wildman–Crippen MR) is 55.9 cm³/mol. The summed E-state index contributed by atoms with van der Waals surface area (Å²) in [5.74, 6) is -1.69. The molecule has 3 atom stereocenters. The van der Waals surface area contributed by atoms with Crippen LogP contribution in [0.3, 0.4) is 0 Å². The Morgan fingerprint density at radius 3 is 2.73 bits per heavy atom. The third kappa shape index (κ3) is 3.02. The second kappa shape index (κ2) is 4.74. The van der Waals surface area contributed by atoms with Gasteiger partial charge >= 0.3 is 5.97 Å². The van der Waals surface area contributed by atoms with Crippen molar-refractivity contribution in [2.24, 2.45) is 5.92 Å². The number of carbonyl (C=O) groups excluding carboxylic acids is 1. The van der Waals surface area contributed by atoms with Gasteiger partial charge in [-0.1, -0.05) is 0 Å². The molecule has 6 heteroatoms. The van der Waals surface area contributed by atoms with Crippen molar-refractivity contribution in [2.75, 3.05) is 19.3 Å². The molecule has 0 aromatic heterocycles. The van der Waals surface area contributed by atoms with Crippen molar-refractivity contribution in [1.29, 1.82) is 0 Å². The number of hydrogen-bond donors (Lipinski definition) is 1. The molecule has 1 amide bonds. The van der Waals surface area contributed by atoms with Crippen molar-refractivity contribution in [3.05, 3.63) is 0 Å². The van der Waals surface area contributed by atoms with Gasteiger partial charge in [0, 0.05) is 41.8 Å². The van der Waals surface area contributed by atoms with E-state index < -0.39 is 22.7 Å². The predicted octanol–water partition coefficient (Wildman–Crippen LogP) is -0.313. The lowest BCUT2D eigenvalue weighted by Crippen LogP contribution is -2.34. The highest BCUT2D eigenvalue weighted by Crippen LogP contribution is 2.18. The van der Waals surface area contributed by atoms with Gasteiger partial charge < -0.3 is 10.0 Å². The Hall–Kier alpha value is -0.910. The van der Waals surface area contributed by atoms with Crippen LogP contribution in [0.2, 0.25) is 0 Å². The number of carboxylic acids is 1. The van der Waals surface area contributed by atoms with Crippen LogP contribution in [0, 0.1) is 5.92 Å². The van der Waals surface area contributed by atoms with Crippen LogP contribution in [0.1, 0.15) is 13.3 Å². The summed E-state index contributed by atoms with van der Waals surface area (Å²) in [6.45, 7) is 2.42. The third-order valence-electron chi connectivity index (χ3n) is 2.61. The van der Waals surface area contributed by atoms with E-state index in [0.29, 0.717) is 6.54 Å². The Bertz CT molecular complexity index is 304. The fourth-order valence-corrected chi connectivity index (χ4v) is 1.92. The highest BCUT2D eigenvalue weighted by Gasteiger charge is 2.34. The number of aliphatic carboxylic acids is 1. The first-order chi connectivity index (χ1) is 6.91. The number of rotatable bonds is 4. The SMILES string of the molecule is CC(CN1CC(C(=O)O)CC1=O)S(C)=O. The van der Waals surface area contributed by atoms with Crippen LogP contribution < -0.4 is 0 Å². The van der Waals surface area contributed by atoms with Crippen LogP contribution in [0.5, 0.6) is 0 Å². The summed E-state index contributed by atoms with van der Waals surface area (Å²) < 4.78 is 11.1. The molecular formula is C9H15NO4S. The van der Waals surface area contributed by atoms with Crippen molar-refractivity contribution in [3.8, 4) is 0 Å². The topological polar surface area (TPSA) is 74.7 Å². The van der Waals surface area contributed by atoms with Gasteiger partial charge in [0.2, 0.25) is 5.91 Å². The Balaban J connectivity index is 2.54. The van der Waals surface area contributed by atoms with E-state index in [1.165, 1.54) is 4.90 Å². The Morgan fingerprint density at radius 1 is 1.73 bits per heavy atom. The summed E-state index contributed by atoms with van der Waals surface area (Å²) in [5, 5.41) is 8.64. The molecule has 0 bridgehead atoms. The average Bonchev–Trinajstić information content (AvgIpc) is 2.47. The van der Waals surface area contributed by atoms with E-state index in [-0.39, 0.29) is 24.1 Å². The van der Waals surface area contributed by atoms with Crippen LogP contribution in [0.25, 0.3) is 0 Å². The molecule has 0 saturated carbocycles. The number of amides is 1. The first kappa shape index (κ1) is 12.2. The van der Waals surface area contributed by atoms with Crippen molar-refractivity contribution in [2.45, 2.75) is 18.6 Å². The number of carbonyl (C=O) groups is 2. The van der Waals surface area contributed by atoms with Gasteiger partial charge in [0.1, 0.15) is 0 Å². The molecule has 1 rings (SSSR count). The van der Waals surface area contributed by atoms with Gasteiger partial charge in [-0.05, 0) is 6.92 Å². The maximum Gasteiger partial charge on any atom is 0.308 e. The summed E-state index contributed by atoms with van der Waals surface area (Å²) in [5.41, 5.74) is 0. The van der Waals surface area contributed by atoms with E-state index in [4.69, 9.17) is 5.11 Å². The van der Waals surface area contributed by atoms with Crippen molar-refractivity contribution >= 4 is 22.7 Å². The smallest absolute Gasteiger partial charge is 0.308 e. The molecule has 86 valence electrons. The van der Waals surface area contributed by atoms with Gasteiger partial charge in [0.15, 0.2) is 0 Å². The first-order valence-corrected chi connectivity index (χ1v) is 6.36. The number of likely N-dealkylation sites (tertiary alicyclic amines) is 1. The van der Waals surface area contributed by atoms with E-state index >= 15 is 0 Å². The van der Waals surface area contributed by atoms with E-state index in [9.17, 15) is 13.8 Å². The average molecular weight is 233 g/mol. The zero-order valence-electron chi connectivity index (χ0n) is 8.80. The number of nitrogens with zero attached hydrogens (tertiary/aromatic N) is 1. The van der Waals surface area contributed by atoms with Crippen LogP contribution >= 0.6 is 0 Å². The summed E-state index contributed by atoms with van der Waals surface area (Å²) >= 11 is 0. The van der Waals surface area contributed by atoms with E-state index in [1.54, 1.807) is 13.2 Å². The lowest BCUT2D eigenvalue weighted by molar-refractivity contribution is -0.141. The molecule has 15 heavy (non-hydrogen) atoms. The molecule has 0 aromatic carbocycles. The van der Waals surface area contributed by atoms with Crippen LogP contribution in [-0.4, -0.2) is 50.7 Å². The molecule has 1 heterocycles. The zero-order chi connectivity index (χ0) is 11.6. The molecule has 1 fully saturated rings. The fraction of sp³-hybridized carbons (Fsp3) is 0.778. The van der Waals surface area contributed by atoms with Crippen molar-refractivity contribution < 1.29 is 18.9 Å². The molecule has 0 aliphatic carbocycles. The standard InChI is InChI=1S/C9H15NO4S/c1-6(15(2)14)4-10-5-7(9(12)13)3-8(10)11/h6-7H,3-5H2,1-2H3,(H,12,13). The lowest BCUT2D eigenvalue weighted by atomic mass is 10.1. The zero-order valence-corrected chi connectivity index (χ0v) is 9.62. The Morgan fingerprint density at radius 2 is 2.33 bits per heavy atom. The van der Waals surface area contributed by atoms with Crippen LogP contribution in [0.4, 0.5) is 0 Å². The Labute approximate surface area is 90.9 Å². The van der Waals surface area contributed by atoms with Crippen LogP contribution in [0.15, 0.2) is 0 Å². The number of hydrogen-bond acceptors (Lipinski definition) is 3. The maximum absolute atomic E-state index is 11.4. The van der Waals surface area contributed by atoms with Gasteiger partial charge in [-0.3, -0.25) is 13.8 Å². The Kier molecular flexibility index (Phi) is 3.84. The molecule has 3 unspecified atom stereocenters. The van der Waals surface area contributed by atoms with E-state index in [0.717, 1.165) is 0 Å². The fourth-order valence-electron chi connectivity index (χ4n) is 1.53. The summed E-state index contributed by atoms with van der Waals surface area (Å²) in [4.78, 5) is 23.6. The highest BCUT2D eigenvalue weighted by molar-refractivity contribution is 7.84. The van der Waals surface area contributed by atoms with Crippen molar-refractivity contribution in [1.82, 2.24) is 4.90 Å². The monoisotopic (exact) mass is 233 g/mol. The normalized spacial score (nSPS) is 25.3. The minimum absolute atomic E-state index is 0.0679. The molecule has 1 saturated heterocycles. The first-order valence-electron chi connectivity index (χ1n) is 4.74. The maximum atomic E-state index is 11.4. The second-order valence-electron chi connectivity index (χ2n) is 3.85. The summed E-state index contributed by atoms with van der Waals surface area (Å²) in [7, 11) is -0.985. The molecule has 5 nitrogen and oxygen atoms in total. The molecule has 1 aliphatic rings. The highest BCUT2D eigenvalue weighted by atomic mass is 32.2. The summed E-state index contributed by atoms with van der Waals surface area (Å²) in [6.07, 6.45) is 1.65. The van der Waals surface area contributed by atoms with Gasteiger partial charge in [0.05, 0.1) is 5.92 Å². The van der Waals surface area contributed by atoms with E-state index in [1.807, 2.05) is 0 Å². The van der Waals surface area contributed by atoms with Crippen LogP contribution in [-0.2, 0) is 20.4 Å². The van der Waals surface area contributed by atoms with Crippen molar-refractivity contribution in [3.63, 3.8) is 0 Å². The quantitative estimate of drug-likeness (QED) is 0.722. The van der Waals surface area contributed by atoms with Gasteiger partial charge in [-0.15, -0.1) is 0 Å². The molecule has 0 spiro atoms. The largest absolute Gasteiger partial charge is 0.481 e. The molecule has 1 aliphatic heterocycles. The van der Waals surface area contributed by atoms with Gasteiger partial charge in [0.25, 0.3) is 0 Å². The lowest BCUT2D eigenvalue weighted by Gasteiger charge is -2.19. The van der Waals surface area contributed by atoms with Gasteiger partial charge in [-0.2, -0.15) is 0 Å².